The van der Waals surface area contributed by atoms with Crippen LogP contribution in [0.2, 0.25) is 0 Å². The number of amidine groups is 1. The molecule has 4 N–H and O–H groups in total. The van der Waals surface area contributed by atoms with E-state index in [9.17, 15) is 18.9 Å². The monoisotopic (exact) mass is 424 g/mol. The van der Waals surface area contributed by atoms with Crippen molar-refractivity contribution in [2.75, 3.05) is 23.4 Å². The Labute approximate surface area is 166 Å². The normalized spacial score (nSPS) is 19.4. The average Bonchev–Trinajstić information content (AvgIpc) is 3.08. The van der Waals surface area contributed by atoms with E-state index in [4.69, 9.17) is 4.78 Å². The van der Waals surface area contributed by atoms with Crippen LogP contribution in [0.25, 0.3) is 0 Å². The van der Waals surface area contributed by atoms with Gasteiger partial charge in [-0.25, -0.2) is 18.2 Å². The minimum atomic E-state index is -2.95. The lowest BCUT2D eigenvalue weighted by Gasteiger charge is -2.26. The summed E-state index contributed by atoms with van der Waals surface area (Å²) in [6.07, 6.45) is 1.40. The third-order valence-electron chi connectivity index (χ3n) is 4.35. The van der Waals surface area contributed by atoms with Crippen molar-refractivity contribution in [3.8, 4) is 0 Å². The van der Waals surface area contributed by atoms with E-state index in [0.29, 0.717) is 6.42 Å². The maximum absolute atomic E-state index is 13.4. The van der Waals surface area contributed by atoms with E-state index in [2.05, 4.69) is 30.4 Å². The fourth-order valence-corrected chi connectivity index (χ4v) is 4.38. The fourth-order valence-electron chi connectivity index (χ4n) is 3.00. The Hall–Kier alpha value is -2.86. The zero-order chi connectivity index (χ0) is 21.0. The van der Waals surface area contributed by atoms with Gasteiger partial charge in [-0.3, -0.25) is 4.78 Å². The summed E-state index contributed by atoms with van der Waals surface area (Å²) in [6.45, 7) is 1.58. The van der Waals surface area contributed by atoms with Crippen molar-refractivity contribution in [1.82, 2.24) is 10.3 Å². The molecule has 0 spiro atoms. The highest BCUT2D eigenvalue weighted by Crippen LogP contribution is 2.34. The molecule has 0 saturated carbocycles. The van der Waals surface area contributed by atoms with E-state index in [1.807, 2.05) is 0 Å². The van der Waals surface area contributed by atoms with Gasteiger partial charge in [-0.1, -0.05) is 11.2 Å². The molecule has 0 saturated heterocycles. The van der Waals surface area contributed by atoms with E-state index in [1.165, 1.54) is 25.3 Å². The van der Waals surface area contributed by atoms with E-state index >= 15 is 0 Å². The Morgan fingerprint density at radius 1 is 1.55 bits per heavy atom. The lowest BCUT2D eigenvalue weighted by Crippen LogP contribution is -2.23. The largest absolute Gasteiger partial charge is 0.409 e. The number of fused-ring (bicyclic) bond motifs is 1. The van der Waals surface area contributed by atoms with Crippen LogP contribution in [0.4, 0.5) is 10.2 Å². The second-order valence-electron chi connectivity index (χ2n) is 6.78. The van der Waals surface area contributed by atoms with E-state index < -0.39 is 15.8 Å². The van der Waals surface area contributed by atoms with Gasteiger partial charge in [-0.05, 0) is 46.9 Å². The van der Waals surface area contributed by atoms with Crippen molar-refractivity contribution in [2.24, 2.45) is 10.1 Å². The molecule has 10 nitrogen and oxygen atoms in total. The molecule has 1 aliphatic carbocycles. The molecule has 1 aromatic carbocycles. The van der Waals surface area contributed by atoms with E-state index in [-0.39, 0.29) is 47.1 Å². The number of halogens is 1. The number of oxime groups is 1. The smallest absolute Gasteiger partial charge is 0.224 e. The molecule has 3 unspecified atom stereocenters. The predicted molar refractivity (Wildman–Crippen MR) is 105 cm³/mol. The van der Waals surface area contributed by atoms with Crippen molar-refractivity contribution >= 4 is 27.6 Å². The number of rotatable bonds is 8. The molecule has 0 bridgehead atoms. The Kier molecular flexibility index (Phi) is 6.23. The van der Waals surface area contributed by atoms with Gasteiger partial charge < -0.3 is 15.6 Å². The zero-order valence-electron chi connectivity index (χ0n) is 15.6. The summed E-state index contributed by atoms with van der Waals surface area (Å²) in [6, 6.07) is 4.57. The molecule has 1 aliphatic rings. The first-order valence-corrected chi connectivity index (χ1v) is 10.7. The minimum Gasteiger partial charge on any atom is -0.409 e. The Morgan fingerprint density at radius 2 is 2.34 bits per heavy atom. The van der Waals surface area contributed by atoms with Crippen LogP contribution in [0.1, 0.15) is 29.7 Å². The topological polar surface area (TPSA) is 157 Å². The zero-order valence-corrected chi connectivity index (χ0v) is 16.4. The molecule has 2 aromatic rings. The number of nitrogens with zero attached hydrogens (tertiary/aromatic N) is 4. The number of hydrogen-bond donors (Lipinski definition) is 4. The molecule has 0 fully saturated rings. The minimum absolute atomic E-state index is 0.0243. The molecule has 12 heteroatoms. The molecule has 3 rings (SSSR count). The summed E-state index contributed by atoms with van der Waals surface area (Å²) >= 11 is 0. The summed E-state index contributed by atoms with van der Waals surface area (Å²) in [7, 11) is -2.95. The first-order valence-electron chi connectivity index (χ1n) is 8.82. The standard InChI is InChI=1S/C17H21FN6O4S/c1-10(25)9-29(19,27)5-4-20-17-15(23-28-24-17)16(22-26)21-8-12-6-11-2-3-13(18)7-14(11)12/h2-3,7-8,10,12,19,25-26H,4-6,9H2,1H3,(H,20,24)/b21-8+,22-16+. The highest BCUT2D eigenvalue weighted by molar-refractivity contribution is 7.92. The van der Waals surface area contributed by atoms with Gasteiger partial charge in [0.2, 0.25) is 11.7 Å². The molecule has 1 aromatic heterocycles. The first-order chi connectivity index (χ1) is 13.8. The van der Waals surface area contributed by atoms with Gasteiger partial charge in [0.05, 0.1) is 11.9 Å². The second-order valence-corrected chi connectivity index (χ2v) is 9.14. The van der Waals surface area contributed by atoms with Crippen LogP contribution in [-0.2, 0) is 16.1 Å². The van der Waals surface area contributed by atoms with Crippen LogP contribution in [0, 0.1) is 10.6 Å². The SMILES string of the molecule is CC(O)CS(=N)(=O)CCNc1nonc1C(/N=C/C1Cc2ccc(F)cc21)=N\O. The van der Waals surface area contributed by atoms with Crippen LogP contribution in [-0.4, -0.2) is 61.0 Å². The Bertz CT molecular complexity index is 1030. The number of benzene rings is 1. The summed E-state index contributed by atoms with van der Waals surface area (Å²) in [5.74, 6) is -0.635. The highest BCUT2D eigenvalue weighted by atomic mass is 32.2. The van der Waals surface area contributed by atoms with Gasteiger partial charge in [0.1, 0.15) is 5.82 Å². The van der Waals surface area contributed by atoms with Crippen molar-refractivity contribution in [3.05, 3.63) is 40.8 Å². The number of anilines is 1. The van der Waals surface area contributed by atoms with Crippen LogP contribution < -0.4 is 5.32 Å². The summed E-state index contributed by atoms with van der Waals surface area (Å²) < 4.78 is 37.8. The quantitative estimate of drug-likeness (QED) is 0.217. The lowest BCUT2D eigenvalue weighted by atomic mass is 9.78. The first kappa shape index (κ1) is 20.9. The molecular formula is C17H21FN6O4S. The Balaban J connectivity index is 1.64. The van der Waals surface area contributed by atoms with Crippen molar-refractivity contribution in [3.63, 3.8) is 0 Å². The number of hydrogen-bond acceptors (Lipinski definition) is 9. The third kappa shape index (κ3) is 5.15. The van der Waals surface area contributed by atoms with Gasteiger partial charge in [-0.2, -0.15) is 0 Å². The molecule has 3 atom stereocenters. The molecular weight excluding hydrogens is 403 g/mol. The van der Waals surface area contributed by atoms with Crippen molar-refractivity contribution in [1.29, 1.82) is 4.78 Å². The van der Waals surface area contributed by atoms with Crippen LogP contribution >= 0.6 is 0 Å². The number of aromatic nitrogens is 2. The van der Waals surface area contributed by atoms with Crippen molar-refractivity contribution < 1.29 is 23.5 Å². The number of aliphatic hydroxyl groups is 1. The van der Waals surface area contributed by atoms with Gasteiger partial charge in [0.15, 0.2) is 5.69 Å². The molecule has 29 heavy (non-hydrogen) atoms. The van der Waals surface area contributed by atoms with Gasteiger partial charge in [0.25, 0.3) is 0 Å². The van der Waals surface area contributed by atoms with Crippen LogP contribution in [0.15, 0.2) is 33.0 Å². The summed E-state index contributed by atoms with van der Waals surface area (Å²) in [4.78, 5) is 4.12. The molecule has 156 valence electrons. The summed E-state index contributed by atoms with van der Waals surface area (Å²) in [5, 5.41) is 31.8. The molecule has 1 heterocycles. The number of nitrogens with one attached hydrogen (secondary N) is 2. The van der Waals surface area contributed by atoms with Crippen molar-refractivity contribution in [2.45, 2.75) is 25.4 Å². The Morgan fingerprint density at radius 3 is 3.07 bits per heavy atom. The van der Waals surface area contributed by atoms with Gasteiger partial charge in [0, 0.05) is 34.2 Å². The van der Waals surface area contributed by atoms with Crippen LogP contribution in [0.5, 0.6) is 0 Å². The summed E-state index contributed by atoms with van der Waals surface area (Å²) in [5.41, 5.74) is 1.90. The molecule has 0 aliphatic heterocycles. The van der Waals surface area contributed by atoms with Gasteiger partial charge >= 0.3 is 0 Å². The fraction of sp³-hybridized carbons (Fsp3) is 0.412. The highest BCUT2D eigenvalue weighted by Gasteiger charge is 2.25. The lowest BCUT2D eigenvalue weighted by molar-refractivity contribution is 0.219. The number of aliphatic imine (C=N–C) groups is 1. The average molecular weight is 424 g/mol. The van der Waals surface area contributed by atoms with Gasteiger partial charge in [-0.15, -0.1) is 0 Å². The van der Waals surface area contributed by atoms with E-state index in [0.717, 1.165) is 11.1 Å². The third-order valence-corrected chi connectivity index (χ3v) is 6.24. The maximum Gasteiger partial charge on any atom is 0.224 e. The van der Waals surface area contributed by atoms with Crippen LogP contribution in [0.3, 0.4) is 0 Å². The second kappa shape index (κ2) is 8.66. The molecule has 0 radical (unpaired) electrons. The predicted octanol–water partition coefficient (Wildman–Crippen LogP) is 1.59. The molecule has 0 amide bonds. The van der Waals surface area contributed by atoms with E-state index in [1.54, 1.807) is 6.07 Å². The maximum atomic E-state index is 13.4. The number of aliphatic hydroxyl groups excluding tert-OH is 1.